The van der Waals surface area contributed by atoms with Crippen LogP contribution >= 0.6 is 0 Å². The number of nitrogens with zero attached hydrogens (tertiary/aromatic N) is 5. The number of likely N-dealkylation sites (N-methyl/N-ethyl adjacent to an activating group) is 1. The average Bonchev–Trinajstić information content (AvgIpc) is 2.61. The molecule has 8 nitrogen and oxygen atoms in total. The summed E-state index contributed by atoms with van der Waals surface area (Å²) in [5, 5.41) is 2.94. The van der Waals surface area contributed by atoms with E-state index in [4.69, 9.17) is 5.73 Å². The zero-order valence-corrected chi connectivity index (χ0v) is 14.5. The van der Waals surface area contributed by atoms with E-state index in [0.29, 0.717) is 25.2 Å². The highest BCUT2D eigenvalue weighted by atomic mass is 19.1. The summed E-state index contributed by atoms with van der Waals surface area (Å²) in [6.45, 7) is 6.28. The number of halogens is 1. The summed E-state index contributed by atoms with van der Waals surface area (Å²) in [4.78, 5) is 29.9. The first-order valence-corrected chi connectivity index (χ1v) is 8.10. The van der Waals surface area contributed by atoms with E-state index in [1.807, 2.05) is 20.8 Å². The fourth-order valence-corrected chi connectivity index (χ4v) is 2.44. The van der Waals surface area contributed by atoms with E-state index in [2.05, 4.69) is 25.3 Å². The standard InChI is InChI=1S/C16H22FN7O/c1-4-11-12(17)15(23-9-22-11)21-8-10(3)24(5-2)16(25)13-14(18)20-7-6-19-13/h6-7,9-10H,4-5,8H2,1-3H3,(H2,18,20)(H,21,22,23)/t10-/m1/s1. The number of anilines is 2. The van der Waals surface area contributed by atoms with Gasteiger partial charge in [-0.3, -0.25) is 4.79 Å². The Balaban J connectivity index is 2.09. The molecule has 0 radical (unpaired) electrons. The molecular formula is C16H22FN7O. The zero-order valence-electron chi connectivity index (χ0n) is 14.5. The van der Waals surface area contributed by atoms with Gasteiger partial charge in [0.1, 0.15) is 6.33 Å². The summed E-state index contributed by atoms with van der Waals surface area (Å²) in [5.74, 6) is -0.577. The monoisotopic (exact) mass is 347 g/mol. The highest BCUT2D eigenvalue weighted by molar-refractivity contribution is 5.96. The number of nitrogen functional groups attached to an aromatic ring is 1. The Hall–Kier alpha value is -2.84. The molecule has 2 aromatic rings. The van der Waals surface area contributed by atoms with E-state index < -0.39 is 5.82 Å². The number of hydrogen-bond donors (Lipinski definition) is 2. The molecule has 3 N–H and O–H groups in total. The van der Waals surface area contributed by atoms with Crippen molar-refractivity contribution in [2.75, 3.05) is 24.1 Å². The highest BCUT2D eigenvalue weighted by Crippen LogP contribution is 2.15. The molecule has 25 heavy (non-hydrogen) atoms. The van der Waals surface area contributed by atoms with Gasteiger partial charge in [-0.2, -0.15) is 0 Å². The van der Waals surface area contributed by atoms with E-state index in [1.54, 1.807) is 4.90 Å². The van der Waals surface area contributed by atoms with Crippen LogP contribution in [0.3, 0.4) is 0 Å². The molecule has 0 aliphatic carbocycles. The minimum atomic E-state index is -0.468. The predicted octanol–water partition coefficient (Wildman–Crippen LogP) is 1.51. The maximum Gasteiger partial charge on any atom is 0.276 e. The van der Waals surface area contributed by atoms with Gasteiger partial charge in [-0.15, -0.1) is 0 Å². The Morgan fingerprint density at radius 2 is 2.00 bits per heavy atom. The van der Waals surface area contributed by atoms with Gasteiger partial charge in [-0.25, -0.2) is 24.3 Å². The Morgan fingerprint density at radius 1 is 1.28 bits per heavy atom. The van der Waals surface area contributed by atoms with Crippen LogP contribution in [0.1, 0.15) is 37.0 Å². The molecule has 0 saturated heterocycles. The highest BCUT2D eigenvalue weighted by Gasteiger charge is 2.23. The average molecular weight is 347 g/mol. The number of nitrogens with one attached hydrogen (secondary N) is 1. The van der Waals surface area contributed by atoms with Crippen LogP contribution in [-0.4, -0.2) is 49.9 Å². The van der Waals surface area contributed by atoms with Gasteiger partial charge < -0.3 is 16.0 Å². The van der Waals surface area contributed by atoms with E-state index >= 15 is 0 Å². The maximum atomic E-state index is 14.2. The van der Waals surface area contributed by atoms with Crippen LogP contribution < -0.4 is 11.1 Å². The van der Waals surface area contributed by atoms with Gasteiger partial charge in [0.15, 0.2) is 23.1 Å². The largest absolute Gasteiger partial charge is 0.382 e. The number of amides is 1. The summed E-state index contributed by atoms with van der Waals surface area (Å²) in [6, 6.07) is -0.238. The number of hydrogen-bond acceptors (Lipinski definition) is 7. The van der Waals surface area contributed by atoms with Crippen molar-refractivity contribution in [2.24, 2.45) is 0 Å². The van der Waals surface area contributed by atoms with Crippen molar-refractivity contribution in [3.63, 3.8) is 0 Å². The molecule has 2 rings (SSSR count). The van der Waals surface area contributed by atoms with Gasteiger partial charge in [-0.1, -0.05) is 6.92 Å². The second-order valence-corrected chi connectivity index (χ2v) is 5.45. The number of aromatic nitrogens is 4. The summed E-state index contributed by atoms with van der Waals surface area (Å²) in [5.41, 5.74) is 6.18. The first-order valence-electron chi connectivity index (χ1n) is 8.10. The van der Waals surface area contributed by atoms with Gasteiger partial charge in [0.2, 0.25) is 0 Å². The van der Waals surface area contributed by atoms with E-state index in [0.717, 1.165) is 0 Å². The second kappa shape index (κ2) is 8.32. The van der Waals surface area contributed by atoms with Crippen molar-refractivity contribution < 1.29 is 9.18 Å². The molecule has 9 heteroatoms. The van der Waals surface area contributed by atoms with Crippen molar-refractivity contribution in [2.45, 2.75) is 33.2 Å². The van der Waals surface area contributed by atoms with Crippen LogP contribution in [-0.2, 0) is 6.42 Å². The molecule has 2 aromatic heterocycles. The third-order valence-electron chi connectivity index (χ3n) is 3.82. The Morgan fingerprint density at radius 3 is 2.64 bits per heavy atom. The molecule has 2 heterocycles. The molecule has 0 fully saturated rings. The number of aryl methyl sites for hydroxylation is 1. The first-order chi connectivity index (χ1) is 12.0. The predicted molar refractivity (Wildman–Crippen MR) is 92.5 cm³/mol. The molecule has 0 saturated carbocycles. The number of carbonyl (C=O) groups is 1. The van der Waals surface area contributed by atoms with Crippen LogP contribution in [0.2, 0.25) is 0 Å². The molecular weight excluding hydrogens is 325 g/mol. The summed E-state index contributed by atoms with van der Waals surface area (Å²) < 4.78 is 14.2. The molecule has 0 unspecified atom stereocenters. The molecule has 0 bridgehead atoms. The Labute approximate surface area is 145 Å². The Bertz CT molecular complexity index is 740. The van der Waals surface area contributed by atoms with E-state index in [1.165, 1.54) is 18.7 Å². The molecule has 0 aromatic carbocycles. The topological polar surface area (TPSA) is 110 Å². The normalized spacial score (nSPS) is 11.8. The molecule has 0 spiro atoms. The minimum absolute atomic E-state index is 0.0838. The van der Waals surface area contributed by atoms with Crippen molar-refractivity contribution >= 4 is 17.5 Å². The van der Waals surface area contributed by atoms with Crippen LogP contribution in [0, 0.1) is 5.82 Å². The lowest BCUT2D eigenvalue weighted by molar-refractivity contribution is 0.0707. The molecule has 0 aliphatic rings. The van der Waals surface area contributed by atoms with Gasteiger partial charge in [0.25, 0.3) is 5.91 Å². The second-order valence-electron chi connectivity index (χ2n) is 5.45. The van der Waals surface area contributed by atoms with Crippen molar-refractivity contribution in [3.8, 4) is 0 Å². The van der Waals surface area contributed by atoms with Crippen molar-refractivity contribution in [1.82, 2.24) is 24.8 Å². The molecule has 0 aliphatic heterocycles. The fourth-order valence-electron chi connectivity index (χ4n) is 2.44. The van der Waals surface area contributed by atoms with Crippen LogP contribution in [0.15, 0.2) is 18.7 Å². The number of nitrogens with two attached hydrogens (primary N) is 1. The lowest BCUT2D eigenvalue weighted by Gasteiger charge is -2.28. The zero-order chi connectivity index (χ0) is 18.4. The van der Waals surface area contributed by atoms with Crippen LogP contribution in [0.4, 0.5) is 16.0 Å². The smallest absolute Gasteiger partial charge is 0.276 e. The van der Waals surface area contributed by atoms with E-state index in [-0.39, 0.29) is 29.3 Å². The van der Waals surface area contributed by atoms with Crippen LogP contribution in [0.5, 0.6) is 0 Å². The number of rotatable bonds is 7. The first kappa shape index (κ1) is 18.5. The van der Waals surface area contributed by atoms with Gasteiger partial charge >= 0.3 is 0 Å². The summed E-state index contributed by atoms with van der Waals surface area (Å²) in [6.07, 6.45) is 4.64. The van der Waals surface area contributed by atoms with Crippen molar-refractivity contribution in [3.05, 3.63) is 35.9 Å². The van der Waals surface area contributed by atoms with E-state index in [9.17, 15) is 9.18 Å². The fraction of sp³-hybridized carbons (Fsp3) is 0.438. The maximum absolute atomic E-state index is 14.2. The summed E-state index contributed by atoms with van der Waals surface area (Å²) in [7, 11) is 0. The Kier molecular flexibility index (Phi) is 6.15. The quantitative estimate of drug-likeness (QED) is 0.781. The molecule has 1 atom stereocenters. The minimum Gasteiger partial charge on any atom is -0.382 e. The lowest BCUT2D eigenvalue weighted by atomic mass is 10.2. The third-order valence-corrected chi connectivity index (χ3v) is 3.82. The van der Waals surface area contributed by atoms with Gasteiger partial charge in [-0.05, 0) is 20.3 Å². The van der Waals surface area contributed by atoms with Gasteiger partial charge in [0.05, 0.1) is 5.69 Å². The van der Waals surface area contributed by atoms with Crippen molar-refractivity contribution in [1.29, 1.82) is 0 Å². The third kappa shape index (κ3) is 4.17. The molecule has 134 valence electrons. The summed E-state index contributed by atoms with van der Waals surface area (Å²) >= 11 is 0. The molecule has 1 amide bonds. The number of carbonyl (C=O) groups excluding carboxylic acids is 1. The lowest BCUT2D eigenvalue weighted by Crippen LogP contribution is -2.43. The van der Waals surface area contributed by atoms with Gasteiger partial charge in [0, 0.05) is 31.5 Å². The van der Waals surface area contributed by atoms with Crippen LogP contribution in [0.25, 0.3) is 0 Å². The SMILES string of the molecule is CCc1ncnc(NC[C@@H](C)N(CC)C(=O)c2nccnc2N)c1F.